The van der Waals surface area contributed by atoms with Crippen LogP contribution in [0.15, 0.2) is 18.2 Å². The van der Waals surface area contributed by atoms with Gasteiger partial charge in [0.05, 0.1) is 10.2 Å². The van der Waals surface area contributed by atoms with Crippen molar-refractivity contribution in [2.75, 3.05) is 0 Å². The number of rotatable bonds is 1. The third kappa shape index (κ3) is 1.64. The largest absolute Gasteiger partial charge is 0.289 e. The van der Waals surface area contributed by atoms with Crippen molar-refractivity contribution < 1.29 is 8.78 Å². The summed E-state index contributed by atoms with van der Waals surface area (Å²) in [7, 11) is 0. The fourth-order valence-electron chi connectivity index (χ4n) is 1.01. The minimum absolute atomic E-state index is 0.155. The van der Waals surface area contributed by atoms with Gasteiger partial charge >= 0.3 is 0 Å². The normalized spacial score (nSPS) is 11.4. The van der Waals surface area contributed by atoms with Crippen LogP contribution in [0, 0.1) is 0 Å². The molecule has 5 heteroatoms. The van der Waals surface area contributed by atoms with Crippen molar-refractivity contribution in [3.8, 4) is 0 Å². The van der Waals surface area contributed by atoms with E-state index in [0.29, 0.717) is 10.5 Å². The first kappa shape index (κ1) is 8.84. The van der Waals surface area contributed by atoms with E-state index in [9.17, 15) is 8.78 Å². The monoisotopic (exact) mass is 219 g/mol. The van der Waals surface area contributed by atoms with Gasteiger partial charge in [-0.2, -0.15) is 0 Å². The number of hydrogen-bond acceptors (Lipinski definition) is 2. The molecule has 68 valence electrons. The van der Waals surface area contributed by atoms with Gasteiger partial charge in [-0.3, -0.25) is 0 Å². The summed E-state index contributed by atoms with van der Waals surface area (Å²) in [5, 5.41) is 0.357. The lowest BCUT2D eigenvalue weighted by Crippen LogP contribution is -1.79. The summed E-state index contributed by atoms with van der Waals surface area (Å²) in [4.78, 5) is 3.76. The van der Waals surface area contributed by atoms with Crippen LogP contribution >= 0.6 is 22.9 Å². The summed E-state index contributed by atoms with van der Waals surface area (Å²) in [6, 6.07) is 4.94. The zero-order chi connectivity index (χ0) is 9.42. The predicted octanol–water partition coefficient (Wildman–Crippen LogP) is 3.89. The smallest absolute Gasteiger partial charge is 0.235 e. The quantitative estimate of drug-likeness (QED) is 0.709. The molecule has 0 fully saturated rings. The molecule has 13 heavy (non-hydrogen) atoms. The van der Waals surface area contributed by atoms with Crippen LogP contribution < -0.4 is 0 Å². The van der Waals surface area contributed by atoms with E-state index in [0.717, 1.165) is 16.0 Å². The first-order valence-corrected chi connectivity index (χ1v) is 4.70. The van der Waals surface area contributed by atoms with Crippen LogP contribution in [0.25, 0.3) is 10.2 Å². The summed E-state index contributed by atoms with van der Waals surface area (Å²) in [6.45, 7) is 0. The van der Waals surface area contributed by atoms with Gasteiger partial charge in [0.2, 0.25) is 0 Å². The third-order valence-electron chi connectivity index (χ3n) is 1.55. The fourth-order valence-corrected chi connectivity index (χ4v) is 1.98. The van der Waals surface area contributed by atoms with Crippen molar-refractivity contribution in [1.82, 2.24) is 4.98 Å². The van der Waals surface area contributed by atoms with Gasteiger partial charge in [0, 0.05) is 5.02 Å². The van der Waals surface area contributed by atoms with Crippen LogP contribution in [-0.2, 0) is 0 Å². The van der Waals surface area contributed by atoms with E-state index in [4.69, 9.17) is 11.6 Å². The average Bonchev–Trinajstić information content (AvgIpc) is 2.46. The molecule has 0 N–H and O–H groups in total. The van der Waals surface area contributed by atoms with Gasteiger partial charge in [-0.1, -0.05) is 11.6 Å². The Kier molecular flexibility index (Phi) is 2.17. The van der Waals surface area contributed by atoms with Gasteiger partial charge in [0.1, 0.15) is 0 Å². The summed E-state index contributed by atoms with van der Waals surface area (Å²) >= 11 is 6.68. The van der Waals surface area contributed by atoms with Crippen LogP contribution in [0.5, 0.6) is 0 Å². The third-order valence-corrected chi connectivity index (χ3v) is 2.83. The van der Waals surface area contributed by atoms with Gasteiger partial charge in [0.25, 0.3) is 6.43 Å². The SMILES string of the molecule is FC(F)c1nc2cc(Cl)ccc2s1. The molecule has 1 heterocycles. The van der Waals surface area contributed by atoms with Crippen molar-refractivity contribution in [3.05, 3.63) is 28.2 Å². The number of nitrogens with zero attached hydrogens (tertiary/aromatic N) is 1. The molecule has 0 aliphatic rings. The minimum atomic E-state index is -2.50. The van der Waals surface area contributed by atoms with Crippen LogP contribution in [-0.4, -0.2) is 4.98 Å². The Labute approximate surface area is 82.0 Å². The summed E-state index contributed by atoms with van der Waals surface area (Å²) in [5.41, 5.74) is 0.535. The second kappa shape index (κ2) is 3.20. The van der Waals surface area contributed by atoms with E-state index < -0.39 is 6.43 Å². The molecular weight excluding hydrogens is 216 g/mol. The molecule has 0 atom stereocenters. The van der Waals surface area contributed by atoms with E-state index in [1.807, 2.05) is 0 Å². The Morgan fingerprint density at radius 3 is 2.85 bits per heavy atom. The lowest BCUT2D eigenvalue weighted by atomic mass is 10.3. The zero-order valence-corrected chi connectivity index (χ0v) is 7.87. The summed E-state index contributed by atoms with van der Waals surface area (Å²) in [6.07, 6.45) is -2.50. The molecule has 0 spiro atoms. The molecule has 2 rings (SSSR count). The molecule has 1 aromatic heterocycles. The van der Waals surface area contributed by atoms with Crippen LogP contribution in [0.1, 0.15) is 11.4 Å². The second-order valence-corrected chi connectivity index (χ2v) is 3.96. The summed E-state index contributed by atoms with van der Waals surface area (Å²) < 4.78 is 25.2. The number of thiazole rings is 1. The molecule has 0 radical (unpaired) electrons. The topological polar surface area (TPSA) is 12.9 Å². The highest BCUT2D eigenvalue weighted by molar-refractivity contribution is 7.18. The molecule has 0 bridgehead atoms. The van der Waals surface area contributed by atoms with Crippen LogP contribution in [0.4, 0.5) is 8.78 Å². The number of aromatic nitrogens is 1. The maximum Gasteiger partial charge on any atom is 0.289 e. The van der Waals surface area contributed by atoms with E-state index in [2.05, 4.69) is 4.98 Å². The zero-order valence-electron chi connectivity index (χ0n) is 6.30. The number of alkyl halides is 2. The molecule has 2 aromatic rings. The molecule has 1 aromatic carbocycles. The van der Waals surface area contributed by atoms with Crippen molar-refractivity contribution >= 4 is 33.2 Å². The van der Waals surface area contributed by atoms with Gasteiger partial charge in [-0.05, 0) is 18.2 Å². The van der Waals surface area contributed by atoms with Gasteiger partial charge in [0.15, 0.2) is 5.01 Å². The van der Waals surface area contributed by atoms with E-state index >= 15 is 0 Å². The number of benzene rings is 1. The molecule has 0 aliphatic heterocycles. The standard InChI is InChI=1S/C8H4ClF2NS/c9-4-1-2-6-5(3-4)12-8(13-6)7(10)11/h1-3,7H. The van der Waals surface area contributed by atoms with Gasteiger partial charge in [-0.15, -0.1) is 11.3 Å². The lowest BCUT2D eigenvalue weighted by molar-refractivity contribution is 0.151. The highest BCUT2D eigenvalue weighted by Crippen LogP contribution is 2.30. The van der Waals surface area contributed by atoms with Gasteiger partial charge < -0.3 is 0 Å². The molecule has 0 saturated heterocycles. The van der Waals surface area contributed by atoms with E-state index in [-0.39, 0.29) is 5.01 Å². The summed E-state index contributed by atoms with van der Waals surface area (Å²) in [5.74, 6) is 0. The maximum absolute atomic E-state index is 12.2. The van der Waals surface area contributed by atoms with Crippen molar-refractivity contribution in [2.24, 2.45) is 0 Å². The fraction of sp³-hybridized carbons (Fsp3) is 0.125. The van der Waals surface area contributed by atoms with Crippen molar-refractivity contribution in [2.45, 2.75) is 6.43 Å². The van der Waals surface area contributed by atoms with Crippen molar-refractivity contribution in [3.63, 3.8) is 0 Å². The van der Waals surface area contributed by atoms with E-state index in [1.54, 1.807) is 18.2 Å². The molecule has 0 amide bonds. The minimum Gasteiger partial charge on any atom is -0.235 e. The molecule has 0 unspecified atom stereocenters. The first-order chi connectivity index (χ1) is 6.16. The van der Waals surface area contributed by atoms with Crippen LogP contribution in [0.3, 0.4) is 0 Å². The molecular formula is C8H4ClF2NS. The van der Waals surface area contributed by atoms with Crippen molar-refractivity contribution in [1.29, 1.82) is 0 Å². The Bertz CT molecular complexity index is 441. The average molecular weight is 220 g/mol. The van der Waals surface area contributed by atoms with E-state index in [1.165, 1.54) is 0 Å². The highest BCUT2D eigenvalue weighted by atomic mass is 35.5. The highest BCUT2D eigenvalue weighted by Gasteiger charge is 2.12. The van der Waals surface area contributed by atoms with Gasteiger partial charge in [-0.25, -0.2) is 13.8 Å². The predicted molar refractivity (Wildman–Crippen MR) is 49.6 cm³/mol. The Hall–Kier alpha value is -0.740. The maximum atomic E-state index is 12.2. The number of fused-ring (bicyclic) bond motifs is 1. The second-order valence-electron chi connectivity index (χ2n) is 2.46. The number of hydrogen-bond donors (Lipinski definition) is 0. The molecule has 1 nitrogen and oxygen atoms in total. The first-order valence-electron chi connectivity index (χ1n) is 3.51. The lowest BCUT2D eigenvalue weighted by Gasteiger charge is -1.87. The number of halogens is 3. The molecule has 0 saturated carbocycles. The Morgan fingerprint density at radius 2 is 2.15 bits per heavy atom. The Balaban J connectivity index is 2.62. The van der Waals surface area contributed by atoms with Crippen LogP contribution in [0.2, 0.25) is 5.02 Å². The Morgan fingerprint density at radius 1 is 1.38 bits per heavy atom. The molecule has 0 aliphatic carbocycles.